The van der Waals surface area contributed by atoms with Crippen molar-refractivity contribution in [3.8, 4) is 0 Å². The number of aromatic nitrogens is 1. The molecule has 5 nitrogen and oxygen atoms in total. The van der Waals surface area contributed by atoms with Crippen molar-refractivity contribution in [3.63, 3.8) is 0 Å². The molecule has 1 aromatic rings. The Labute approximate surface area is 88.2 Å². The number of hydrogen-bond acceptors (Lipinski definition) is 3. The van der Waals surface area contributed by atoms with E-state index in [0.717, 1.165) is 18.5 Å². The molecule has 0 atom stereocenters. The molecule has 0 spiro atoms. The van der Waals surface area contributed by atoms with Crippen LogP contribution in [0.1, 0.15) is 31.4 Å². The van der Waals surface area contributed by atoms with E-state index in [1.807, 2.05) is 0 Å². The summed E-state index contributed by atoms with van der Waals surface area (Å²) in [7, 11) is 0. The molecule has 2 N–H and O–H groups in total. The summed E-state index contributed by atoms with van der Waals surface area (Å²) in [6.07, 6.45) is 6.11. The minimum absolute atomic E-state index is 0.120. The van der Waals surface area contributed by atoms with Gasteiger partial charge in [0.15, 0.2) is 0 Å². The van der Waals surface area contributed by atoms with Gasteiger partial charge < -0.3 is 15.2 Å². The smallest absolute Gasteiger partial charge is 0.315 e. The van der Waals surface area contributed by atoms with Gasteiger partial charge in [-0.05, 0) is 12.8 Å². The van der Waals surface area contributed by atoms with Crippen molar-refractivity contribution in [2.24, 2.45) is 0 Å². The van der Waals surface area contributed by atoms with Crippen LogP contribution in [0.5, 0.6) is 0 Å². The third-order valence-electron chi connectivity index (χ3n) is 2.61. The fourth-order valence-electron chi connectivity index (χ4n) is 1.81. The predicted molar refractivity (Wildman–Crippen MR) is 54.1 cm³/mol. The van der Waals surface area contributed by atoms with Crippen LogP contribution in [-0.2, 0) is 6.54 Å². The second kappa shape index (κ2) is 4.82. The van der Waals surface area contributed by atoms with E-state index in [-0.39, 0.29) is 6.03 Å². The van der Waals surface area contributed by atoms with Gasteiger partial charge in [-0.15, -0.1) is 0 Å². The van der Waals surface area contributed by atoms with Gasteiger partial charge >= 0.3 is 6.03 Å². The lowest BCUT2D eigenvalue weighted by Gasteiger charge is -2.11. The van der Waals surface area contributed by atoms with Crippen molar-refractivity contribution in [1.82, 2.24) is 15.8 Å². The highest BCUT2D eigenvalue weighted by molar-refractivity contribution is 5.74. The lowest BCUT2D eigenvalue weighted by Crippen LogP contribution is -2.40. The third kappa shape index (κ3) is 2.97. The Bertz CT molecular complexity index is 304. The van der Waals surface area contributed by atoms with Gasteiger partial charge in [-0.2, -0.15) is 0 Å². The lowest BCUT2D eigenvalue weighted by atomic mass is 10.2. The molecule has 0 radical (unpaired) electrons. The van der Waals surface area contributed by atoms with Crippen LogP contribution in [0.25, 0.3) is 0 Å². The summed E-state index contributed by atoms with van der Waals surface area (Å²) in [6.45, 7) is 0.412. The number of hydrogen-bond donors (Lipinski definition) is 2. The van der Waals surface area contributed by atoms with Gasteiger partial charge in [0.05, 0.1) is 6.54 Å². The average Bonchev–Trinajstić information content (AvgIpc) is 2.86. The largest absolute Gasteiger partial charge is 0.364 e. The van der Waals surface area contributed by atoms with E-state index in [1.165, 1.54) is 19.1 Å². The van der Waals surface area contributed by atoms with Crippen molar-refractivity contribution < 1.29 is 9.32 Å². The molecule has 5 heteroatoms. The van der Waals surface area contributed by atoms with E-state index in [2.05, 4.69) is 20.3 Å². The molecule has 1 saturated carbocycles. The summed E-state index contributed by atoms with van der Waals surface area (Å²) in [5.74, 6) is 0. The number of nitrogens with one attached hydrogen (secondary N) is 2. The number of urea groups is 1. The van der Waals surface area contributed by atoms with E-state index in [9.17, 15) is 4.79 Å². The zero-order chi connectivity index (χ0) is 10.5. The van der Waals surface area contributed by atoms with Crippen LogP contribution in [-0.4, -0.2) is 17.2 Å². The first kappa shape index (κ1) is 10.0. The molecule has 2 rings (SSSR count). The van der Waals surface area contributed by atoms with Crippen molar-refractivity contribution in [2.75, 3.05) is 0 Å². The van der Waals surface area contributed by atoms with Gasteiger partial charge in [0.1, 0.15) is 12.0 Å². The molecule has 0 aliphatic heterocycles. The maximum atomic E-state index is 11.4. The van der Waals surface area contributed by atoms with Gasteiger partial charge in [-0.3, -0.25) is 0 Å². The Morgan fingerprint density at radius 3 is 3.00 bits per heavy atom. The monoisotopic (exact) mass is 209 g/mol. The molecular weight excluding hydrogens is 194 g/mol. The second-order valence-corrected chi connectivity index (χ2v) is 3.80. The second-order valence-electron chi connectivity index (χ2n) is 3.80. The molecular formula is C10H15N3O2. The van der Waals surface area contributed by atoms with Crippen LogP contribution >= 0.6 is 0 Å². The van der Waals surface area contributed by atoms with Crippen LogP contribution in [0.15, 0.2) is 16.9 Å². The Balaban J connectivity index is 1.68. The molecule has 0 bridgehead atoms. The minimum atomic E-state index is -0.120. The van der Waals surface area contributed by atoms with Crippen LogP contribution < -0.4 is 10.6 Å². The van der Waals surface area contributed by atoms with Crippen molar-refractivity contribution in [2.45, 2.75) is 38.3 Å². The summed E-state index contributed by atoms with van der Waals surface area (Å²) < 4.78 is 4.66. The highest BCUT2D eigenvalue weighted by Gasteiger charge is 2.16. The summed E-state index contributed by atoms with van der Waals surface area (Å²) >= 11 is 0. The molecule has 82 valence electrons. The van der Waals surface area contributed by atoms with E-state index >= 15 is 0 Å². The van der Waals surface area contributed by atoms with Crippen LogP contribution in [0, 0.1) is 0 Å². The maximum absolute atomic E-state index is 11.4. The topological polar surface area (TPSA) is 67.2 Å². The Morgan fingerprint density at radius 2 is 2.33 bits per heavy atom. The summed E-state index contributed by atoms with van der Waals surface area (Å²) in [4.78, 5) is 11.4. The average molecular weight is 209 g/mol. The predicted octanol–water partition coefficient (Wildman–Crippen LogP) is 1.42. The number of nitrogens with zero attached hydrogens (tertiary/aromatic N) is 1. The Hall–Kier alpha value is -1.52. The van der Waals surface area contributed by atoms with Crippen molar-refractivity contribution in [1.29, 1.82) is 0 Å². The van der Waals surface area contributed by atoms with Gasteiger partial charge in [0, 0.05) is 12.1 Å². The summed E-state index contributed by atoms with van der Waals surface area (Å²) in [5.41, 5.74) is 0.733. The number of carbonyl (C=O) groups excluding carboxylic acids is 1. The fraction of sp³-hybridized carbons (Fsp3) is 0.600. The van der Waals surface area contributed by atoms with Crippen molar-refractivity contribution >= 4 is 6.03 Å². The Kier molecular flexibility index (Phi) is 3.22. The van der Waals surface area contributed by atoms with Crippen LogP contribution in [0.4, 0.5) is 4.79 Å². The quantitative estimate of drug-likeness (QED) is 0.791. The molecule has 0 aromatic carbocycles. The van der Waals surface area contributed by atoms with E-state index in [1.54, 1.807) is 6.07 Å². The Morgan fingerprint density at radius 1 is 1.53 bits per heavy atom. The molecule has 0 unspecified atom stereocenters. The van der Waals surface area contributed by atoms with E-state index < -0.39 is 0 Å². The number of carbonyl (C=O) groups is 1. The zero-order valence-electron chi connectivity index (χ0n) is 8.53. The standard InChI is InChI=1S/C10H15N3O2/c14-10(12-8-3-1-2-4-8)11-7-9-5-6-15-13-9/h5-6,8H,1-4,7H2,(H2,11,12,14). The van der Waals surface area contributed by atoms with Crippen molar-refractivity contribution in [3.05, 3.63) is 18.0 Å². The highest BCUT2D eigenvalue weighted by atomic mass is 16.5. The molecule has 1 aliphatic rings. The first-order chi connectivity index (χ1) is 7.34. The SMILES string of the molecule is O=C(NCc1ccon1)NC1CCCC1. The van der Waals surface area contributed by atoms with E-state index in [4.69, 9.17) is 0 Å². The van der Waals surface area contributed by atoms with Crippen LogP contribution in [0.3, 0.4) is 0 Å². The summed E-state index contributed by atoms with van der Waals surface area (Å²) in [6, 6.07) is 1.96. The van der Waals surface area contributed by atoms with E-state index in [0.29, 0.717) is 12.6 Å². The first-order valence-corrected chi connectivity index (χ1v) is 5.28. The zero-order valence-corrected chi connectivity index (χ0v) is 8.53. The van der Waals surface area contributed by atoms with Gasteiger partial charge in [0.25, 0.3) is 0 Å². The lowest BCUT2D eigenvalue weighted by molar-refractivity contribution is 0.236. The normalized spacial score (nSPS) is 16.5. The highest BCUT2D eigenvalue weighted by Crippen LogP contribution is 2.17. The molecule has 1 fully saturated rings. The first-order valence-electron chi connectivity index (χ1n) is 5.28. The fourth-order valence-corrected chi connectivity index (χ4v) is 1.81. The molecule has 0 saturated heterocycles. The molecule has 1 heterocycles. The summed E-state index contributed by atoms with van der Waals surface area (Å²) in [5, 5.41) is 9.37. The van der Waals surface area contributed by atoms with Gasteiger partial charge in [-0.25, -0.2) is 4.79 Å². The molecule has 1 aromatic heterocycles. The number of rotatable bonds is 3. The maximum Gasteiger partial charge on any atom is 0.315 e. The number of amides is 2. The van der Waals surface area contributed by atoms with Crippen LogP contribution in [0.2, 0.25) is 0 Å². The molecule has 15 heavy (non-hydrogen) atoms. The van der Waals surface area contributed by atoms with Gasteiger partial charge in [0.2, 0.25) is 0 Å². The third-order valence-corrected chi connectivity index (χ3v) is 2.61. The minimum Gasteiger partial charge on any atom is -0.364 e. The van der Waals surface area contributed by atoms with Gasteiger partial charge in [-0.1, -0.05) is 18.0 Å². The molecule has 2 amide bonds. The molecule has 1 aliphatic carbocycles.